The summed E-state index contributed by atoms with van der Waals surface area (Å²) in [5.41, 5.74) is 1.31. The monoisotopic (exact) mass is 448 g/mol. The number of hydrogen-bond acceptors (Lipinski definition) is 5. The number of thioether (sulfide) groups is 1. The van der Waals surface area contributed by atoms with Crippen molar-refractivity contribution in [1.29, 1.82) is 0 Å². The molecule has 2 unspecified atom stereocenters. The van der Waals surface area contributed by atoms with Crippen LogP contribution in [0.15, 0.2) is 53.4 Å². The zero-order valence-corrected chi connectivity index (χ0v) is 19.5. The lowest BCUT2D eigenvalue weighted by atomic mass is 10.1. The number of ether oxygens (including phenoxy) is 3. The second kappa shape index (κ2) is 14.0. The summed E-state index contributed by atoms with van der Waals surface area (Å²) in [6.07, 6.45) is 3.36. The number of alkyl halides is 1. The van der Waals surface area contributed by atoms with Gasteiger partial charge in [-0.15, -0.1) is 11.8 Å². The predicted molar refractivity (Wildman–Crippen MR) is 124 cm³/mol. The van der Waals surface area contributed by atoms with Crippen molar-refractivity contribution in [2.45, 2.75) is 68.4 Å². The molecule has 0 aromatic heterocycles. The molecule has 0 spiro atoms. The number of benzene rings is 2. The minimum absolute atomic E-state index is 0.00444. The summed E-state index contributed by atoms with van der Waals surface area (Å²) >= 11 is 1.59. The molecule has 170 valence electrons. The fourth-order valence-electron chi connectivity index (χ4n) is 3.29. The Kier molecular flexibility index (Phi) is 11.3. The van der Waals surface area contributed by atoms with Gasteiger partial charge in [-0.25, -0.2) is 4.39 Å². The van der Waals surface area contributed by atoms with Gasteiger partial charge in [-0.1, -0.05) is 43.7 Å². The van der Waals surface area contributed by atoms with Crippen molar-refractivity contribution < 1.29 is 23.4 Å². The standard InChI is InChI=1S/C25H33FO4S/c1-4-10-24(26)30-25(27)18-20(14-9-8-13-19-11-6-5-7-12-19)31-21-15-16-22(28-2)23(17-21)29-3/h5-7,11-12,15-17,20,24H,4,8-10,13-14,18H2,1-3H3. The molecule has 0 aliphatic rings. The van der Waals surface area contributed by atoms with Crippen molar-refractivity contribution in [2.75, 3.05) is 14.2 Å². The summed E-state index contributed by atoms with van der Waals surface area (Å²) in [6.45, 7) is 1.86. The van der Waals surface area contributed by atoms with Crippen LogP contribution in [0.5, 0.6) is 11.5 Å². The second-order valence-corrected chi connectivity index (χ2v) is 8.75. The third-order valence-electron chi connectivity index (χ3n) is 4.91. The number of esters is 1. The van der Waals surface area contributed by atoms with Gasteiger partial charge in [0.2, 0.25) is 6.36 Å². The third-order valence-corrected chi connectivity index (χ3v) is 6.17. The average Bonchev–Trinajstić information content (AvgIpc) is 2.77. The molecule has 0 heterocycles. The van der Waals surface area contributed by atoms with Crippen molar-refractivity contribution in [3.05, 3.63) is 54.1 Å². The van der Waals surface area contributed by atoms with Gasteiger partial charge in [-0.2, -0.15) is 0 Å². The van der Waals surface area contributed by atoms with E-state index in [9.17, 15) is 9.18 Å². The lowest BCUT2D eigenvalue weighted by Crippen LogP contribution is -2.18. The van der Waals surface area contributed by atoms with E-state index in [1.165, 1.54) is 5.56 Å². The van der Waals surface area contributed by atoms with E-state index in [4.69, 9.17) is 14.2 Å². The maximum absolute atomic E-state index is 13.7. The molecule has 0 N–H and O–H groups in total. The van der Waals surface area contributed by atoms with Crippen LogP contribution in [-0.2, 0) is 16.0 Å². The molecule has 0 bridgehead atoms. The fourth-order valence-corrected chi connectivity index (χ4v) is 4.50. The van der Waals surface area contributed by atoms with Crippen molar-refractivity contribution in [3.8, 4) is 11.5 Å². The molecule has 0 radical (unpaired) electrons. The Morgan fingerprint density at radius 1 is 1.00 bits per heavy atom. The number of halogens is 1. The van der Waals surface area contributed by atoms with Gasteiger partial charge < -0.3 is 14.2 Å². The minimum atomic E-state index is -1.53. The van der Waals surface area contributed by atoms with Crippen molar-refractivity contribution in [1.82, 2.24) is 0 Å². The lowest BCUT2D eigenvalue weighted by Gasteiger charge is -2.18. The molecule has 0 aliphatic heterocycles. The van der Waals surface area contributed by atoms with Crippen LogP contribution >= 0.6 is 11.8 Å². The average molecular weight is 449 g/mol. The first-order chi connectivity index (χ1) is 15.0. The largest absolute Gasteiger partial charge is 0.493 e. The molecule has 0 amide bonds. The van der Waals surface area contributed by atoms with Gasteiger partial charge in [0.1, 0.15) is 0 Å². The number of aryl methyl sites for hydroxylation is 1. The fraction of sp³-hybridized carbons (Fsp3) is 0.480. The zero-order chi connectivity index (χ0) is 22.5. The predicted octanol–water partition coefficient (Wildman–Crippen LogP) is 6.61. The summed E-state index contributed by atoms with van der Waals surface area (Å²) in [6, 6.07) is 16.1. The van der Waals surface area contributed by atoms with Gasteiger partial charge in [-0.3, -0.25) is 4.79 Å². The number of hydrogen-bond donors (Lipinski definition) is 0. The minimum Gasteiger partial charge on any atom is -0.493 e. The first-order valence-corrected chi connectivity index (χ1v) is 11.7. The molecular weight excluding hydrogens is 415 g/mol. The molecule has 2 rings (SSSR count). The number of carbonyl (C=O) groups excluding carboxylic acids is 1. The number of methoxy groups -OCH3 is 2. The zero-order valence-electron chi connectivity index (χ0n) is 18.6. The van der Waals surface area contributed by atoms with Crippen LogP contribution < -0.4 is 9.47 Å². The first kappa shape index (κ1) is 25.1. The van der Waals surface area contributed by atoms with Gasteiger partial charge in [0, 0.05) is 16.6 Å². The Hall–Kier alpha value is -2.21. The van der Waals surface area contributed by atoms with Crippen LogP contribution in [-0.4, -0.2) is 31.8 Å². The van der Waals surface area contributed by atoms with E-state index in [0.717, 1.165) is 30.6 Å². The number of rotatable bonds is 14. The molecule has 4 nitrogen and oxygen atoms in total. The first-order valence-electron chi connectivity index (χ1n) is 10.8. The highest BCUT2D eigenvalue weighted by Crippen LogP contribution is 2.36. The van der Waals surface area contributed by atoms with Gasteiger partial charge in [0.15, 0.2) is 11.5 Å². The Labute approximate surface area is 189 Å². The lowest BCUT2D eigenvalue weighted by molar-refractivity contribution is -0.158. The topological polar surface area (TPSA) is 44.8 Å². The SMILES string of the molecule is CCCC(F)OC(=O)CC(CCCCc1ccccc1)Sc1ccc(OC)c(OC)c1. The molecule has 0 saturated carbocycles. The van der Waals surface area contributed by atoms with Crippen molar-refractivity contribution in [2.24, 2.45) is 0 Å². The molecule has 2 atom stereocenters. The quantitative estimate of drug-likeness (QED) is 0.185. The van der Waals surface area contributed by atoms with Crippen LogP contribution in [0.2, 0.25) is 0 Å². The second-order valence-electron chi connectivity index (χ2n) is 7.38. The molecule has 2 aromatic carbocycles. The van der Waals surface area contributed by atoms with E-state index in [1.54, 1.807) is 26.0 Å². The summed E-state index contributed by atoms with van der Waals surface area (Å²) in [4.78, 5) is 13.3. The van der Waals surface area contributed by atoms with Gasteiger partial charge in [-0.05, 0) is 49.4 Å². The molecule has 6 heteroatoms. The normalized spacial score (nSPS) is 12.8. The highest BCUT2D eigenvalue weighted by molar-refractivity contribution is 8.00. The van der Waals surface area contributed by atoms with Crippen LogP contribution in [0.25, 0.3) is 0 Å². The van der Waals surface area contributed by atoms with Crippen LogP contribution in [0.3, 0.4) is 0 Å². The summed E-state index contributed by atoms with van der Waals surface area (Å²) in [5, 5.41) is -0.00444. The Balaban J connectivity index is 1.97. The molecular formula is C25H33FO4S. The maximum Gasteiger partial charge on any atom is 0.309 e. The van der Waals surface area contributed by atoms with E-state index in [1.807, 2.05) is 43.3 Å². The molecule has 31 heavy (non-hydrogen) atoms. The van der Waals surface area contributed by atoms with E-state index >= 15 is 0 Å². The van der Waals surface area contributed by atoms with E-state index in [-0.39, 0.29) is 18.1 Å². The van der Waals surface area contributed by atoms with Crippen molar-refractivity contribution in [3.63, 3.8) is 0 Å². The van der Waals surface area contributed by atoms with Crippen LogP contribution in [0.4, 0.5) is 4.39 Å². The highest BCUT2D eigenvalue weighted by Gasteiger charge is 2.20. The highest BCUT2D eigenvalue weighted by atomic mass is 32.2. The van der Waals surface area contributed by atoms with Gasteiger partial charge in [0.05, 0.1) is 20.6 Å². The van der Waals surface area contributed by atoms with Crippen LogP contribution in [0.1, 0.15) is 51.0 Å². The molecule has 0 fully saturated rings. The third kappa shape index (κ3) is 9.21. The van der Waals surface area contributed by atoms with Gasteiger partial charge >= 0.3 is 5.97 Å². The smallest absolute Gasteiger partial charge is 0.309 e. The Bertz CT molecular complexity index is 784. The van der Waals surface area contributed by atoms with Crippen LogP contribution in [0, 0.1) is 0 Å². The summed E-state index contributed by atoms with van der Waals surface area (Å²) in [5.74, 6) is 0.817. The number of unbranched alkanes of at least 4 members (excludes halogenated alkanes) is 1. The Morgan fingerprint density at radius 3 is 2.42 bits per heavy atom. The molecule has 0 aliphatic carbocycles. The van der Waals surface area contributed by atoms with E-state index < -0.39 is 12.3 Å². The summed E-state index contributed by atoms with van der Waals surface area (Å²) in [7, 11) is 3.19. The van der Waals surface area contributed by atoms with E-state index in [2.05, 4.69) is 12.1 Å². The summed E-state index contributed by atoms with van der Waals surface area (Å²) < 4.78 is 29.4. The molecule has 0 saturated heterocycles. The molecule has 2 aromatic rings. The Morgan fingerprint density at radius 2 is 1.74 bits per heavy atom. The number of carbonyl (C=O) groups is 1. The maximum atomic E-state index is 13.7. The van der Waals surface area contributed by atoms with Gasteiger partial charge in [0.25, 0.3) is 0 Å². The van der Waals surface area contributed by atoms with E-state index in [0.29, 0.717) is 17.9 Å². The van der Waals surface area contributed by atoms with Crippen molar-refractivity contribution >= 4 is 17.7 Å².